The lowest BCUT2D eigenvalue weighted by Gasteiger charge is -2.28. The van der Waals surface area contributed by atoms with Gasteiger partial charge in [-0.05, 0) is 31.5 Å². The van der Waals surface area contributed by atoms with E-state index < -0.39 is 12.0 Å². The van der Waals surface area contributed by atoms with E-state index in [0.717, 1.165) is 5.56 Å². The summed E-state index contributed by atoms with van der Waals surface area (Å²) in [4.78, 5) is 24.3. The molecule has 0 fully saturated rings. The number of carbonyl (C=O) groups excluding carboxylic acids is 2. The van der Waals surface area contributed by atoms with Gasteiger partial charge in [0, 0.05) is 12.3 Å². The zero-order valence-electron chi connectivity index (χ0n) is 14.0. The Morgan fingerprint density at radius 3 is 2.79 bits per heavy atom. The van der Waals surface area contributed by atoms with E-state index in [9.17, 15) is 9.59 Å². The number of hydrogen-bond acceptors (Lipinski definition) is 5. The SMILES string of the molecule is CCOCCOC(=O)C1=C(C)NC(=O)NC1c1cccc(OC)c1. The summed E-state index contributed by atoms with van der Waals surface area (Å²) in [6, 6.07) is 6.22. The van der Waals surface area contributed by atoms with E-state index in [1.54, 1.807) is 32.2 Å². The van der Waals surface area contributed by atoms with Crippen molar-refractivity contribution in [3.63, 3.8) is 0 Å². The van der Waals surface area contributed by atoms with Crippen molar-refractivity contribution in [1.82, 2.24) is 10.6 Å². The molecule has 7 heteroatoms. The number of hydrogen-bond donors (Lipinski definition) is 2. The van der Waals surface area contributed by atoms with E-state index in [-0.39, 0.29) is 12.6 Å². The van der Waals surface area contributed by atoms with Crippen LogP contribution in [0.3, 0.4) is 0 Å². The van der Waals surface area contributed by atoms with Crippen molar-refractivity contribution in [1.29, 1.82) is 0 Å². The zero-order chi connectivity index (χ0) is 17.5. The van der Waals surface area contributed by atoms with Crippen LogP contribution in [0.25, 0.3) is 0 Å². The normalized spacial score (nSPS) is 17.1. The first-order chi connectivity index (χ1) is 11.6. The van der Waals surface area contributed by atoms with Crippen molar-refractivity contribution in [2.24, 2.45) is 0 Å². The lowest BCUT2D eigenvalue weighted by Crippen LogP contribution is -2.45. The van der Waals surface area contributed by atoms with Crippen LogP contribution in [0.5, 0.6) is 5.75 Å². The summed E-state index contributed by atoms with van der Waals surface area (Å²) >= 11 is 0. The minimum Gasteiger partial charge on any atom is -0.497 e. The molecule has 1 atom stereocenters. The smallest absolute Gasteiger partial charge is 0.338 e. The molecule has 2 amide bonds. The van der Waals surface area contributed by atoms with Crippen LogP contribution in [0, 0.1) is 0 Å². The molecular formula is C17H22N2O5. The molecule has 1 aliphatic rings. The van der Waals surface area contributed by atoms with Gasteiger partial charge in [-0.1, -0.05) is 12.1 Å². The molecule has 2 rings (SSSR count). The van der Waals surface area contributed by atoms with Crippen LogP contribution in [0.15, 0.2) is 35.5 Å². The molecule has 1 heterocycles. The molecule has 0 spiro atoms. The Bertz CT molecular complexity index is 642. The monoisotopic (exact) mass is 334 g/mol. The third kappa shape index (κ3) is 4.26. The number of esters is 1. The molecule has 0 aromatic heterocycles. The van der Waals surface area contributed by atoms with Gasteiger partial charge < -0.3 is 24.8 Å². The van der Waals surface area contributed by atoms with Crippen LogP contribution < -0.4 is 15.4 Å². The molecule has 0 aliphatic carbocycles. The van der Waals surface area contributed by atoms with Gasteiger partial charge in [-0.25, -0.2) is 9.59 Å². The molecule has 0 saturated heterocycles. The molecule has 24 heavy (non-hydrogen) atoms. The van der Waals surface area contributed by atoms with Crippen LogP contribution >= 0.6 is 0 Å². The molecule has 0 bridgehead atoms. The quantitative estimate of drug-likeness (QED) is 0.587. The second-order valence-electron chi connectivity index (χ2n) is 5.18. The van der Waals surface area contributed by atoms with Crippen LogP contribution in [0.1, 0.15) is 25.5 Å². The average molecular weight is 334 g/mol. The predicted molar refractivity (Wildman–Crippen MR) is 87.6 cm³/mol. The van der Waals surface area contributed by atoms with E-state index >= 15 is 0 Å². The van der Waals surface area contributed by atoms with Crippen molar-refractivity contribution in [2.45, 2.75) is 19.9 Å². The lowest BCUT2D eigenvalue weighted by molar-refractivity contribution is -0.141. The van der Waals surface area contributed by atoms with Crippen LogP contribution in [-0.2, 0) is 14.3 Å². The molecule has 1 aromatic carbocycles. The number of carbonyl (C=O) groups is 2. The molecule has 7 nitrogen and oxygen atoms in total. The van der Waals surface area contributed by atoms with E-state index in [4.69, 9.17) is 14.2 Å². The highest BCUT2D eigenvalue weighted by atomic mass is 16.6. The van der Waals surface area contributed by atoms with Gasteiger partial charge in [0.25, 0.3) is 0 Å². The van der Waals surface area contributed by atoms with Crippen LogP contribution in [0.4, 0.5) is 4.79 Å². The van der Waals surface area contributed by atoms with Crippen molar-refractivity contribution in [2.75, 3.05) is 26.9 Å². The number of rotatable bonds is 7. The average Bonchev–Trinajstić information content (AvgIpc) is 2.58. The number of urea groups is 1. The maximum Gasteiger partial charge on any atom is 0.338 e. The fourth-order valence-electron chi connectivity index (χ4n) is 2.45. The fraction of sp³-hybridized carbons (Fsp3) is 0.412. The maximum atomic E-state index is 12.5. The summed E-state index contributed by atoms with van der Waals surface area (Å²) in [5, 5.41) is 5.36. The minimum atomic E-state index is -0.603. The molecule has 130 valence electrons. The first kappa shape index (κ1) is 17.8. The highest BCUT2D eigenvalue weighted by Gasteiger charge is 2.32. The molecule has 1 unspecified atom stereocenters. The van der Waals surface area contributed by atoms with Crippen molar-refractivity contribution in [3.05, 3.63) is 41.1 Å². The summed E-state index contributed by atoms with van der Waals surface area (Å²) in [6.45, 7) is 4.59. The highest BCUT2D eigenvalue weighted by Crippen LogP contribution is 2.29. The molecule has 1 aromatic rings. The van der Waals surface area contributed by atoms with E-state index in [1.807, 2.05) is 13.0 Å². The maximum absolute atomic E-state index is 12.5. The molecule has 2 N–H and O–H groups in total. The van der Waals surface area contributed by atoms with Gasteiger partial charge >= 0.3 is 12.0 Å². The van der Waals surface area contributed by atoms with Gasteiger partial charge in [0.05, 0.1) is 25.3 Å². The first-order valence-corrected chi connectivity index (χ1v) is 7.74. The van der Waals surface area contributed by atoms with Gasteiger partial charge in [-0.15, -0.1) is 0 Å². The standard InChI is InChI=1S/C17H22N2O5/c1-4-23-8-9-24-16(20)14-11(2)18-17(21)19-15(14)12-6-5-7-13(10-12)22-3/h5-7,10,15H,4,8-9H2,1-3H3,(H2,18,19,21). The Morgan fingerprint density at radius 1 is 1.29 bits per heavy atom. The largest absolute Gasteiger partial charge is 0.497 e. The summed E-state index contributed by atoms with van der Waals surface area (Å²) in [7, 11) is 1.56. The molecular weight excluding hydrogens is 312 g/mol. The van der Waals surface area contributed by atoms with Crippen LogP contribution in [0.2, 0.25) is 0 Å². The Balaban J connectivity index is 2.24. The number of ether oxygens (including phenoxy) is 3. The lowest BCUT2D eigenvalue weighted by atomic mass is 9.95. The van der Waals surface area contributed by atoms with Gasteiger partial charge in [0.15, 0.2) is 0 Å². The number of amides is 2. The Morgan fingerprint density at radius 2 is 2.08 bits per heavy atom. The Kier molecular flexibility index (Phi) is 6.20. The van der Waals surface area contributed by atoms with Crippen molar-refractivity contribution in [3.8, 4) is 5.75 Å². The third-order valence-corrected chi connectivity index (χ3v) is 3.58. The Hall–Kier alpha value is -2.54. The summed E-state index contributed by atoms with van der Waals surface area (Å²) in [6.07, 6.45) is 0. The molecule has 0 saturated carbocycles. The van der Waals surface area contributed by atoms with E-state index in [2.05, 4.69) is 10.6 Å². The van der Waals surface area contributed by atoms with E-state index in [0.29, 0.717) is 30.2 Å². The molecule has 1 aliphatic heterocycles. The van der Waals surface area contributed by atoms with Gasteiger partial charge in [0.2, 0.25) is 0 Å². The van der Waals surface area contributed by atoms with Crippen LogP contribution in [-0.4, -0.2) is 38.9 Å². The molecule has 0 radical (unpaired) electrons. The second kappa shape index (κ2) is 8.35. The van der Waals surface area contributed by atoms with Gasteiger partial charge in [-0.3, -0.25) is 0 Å². The number of benzene rings is 1. The van der Waals surface area contributed by atoms with Crippen molar-refractivity contribution < 1.29 is 23.8 Å². The third-order valence-electron chi connectivity index (χ3n) is 3.58. The summed E-state index contributed by atoms with van der Waals surface area (Å²) in [5.74, 6) is 0.148. The van der Waals surface area contributed by atoms with Crippen molar-refractivity contribution >= 4 is 12.0 Å². The summed E-state index contributed by atoms with van der Waals surface area (Å²) < 4.78 is 15.6. The van der Waals surface area contributed by atoms with Gasteiger partial charge in [0.1, 0.15) is 12.4 Å². The van der Waals surface area contributed by atoms with E-state index in [1.165, 1.54) is 0 Å². The highest BCUT2D eigenvalue weighted by molar-refractivity contribution is 5.95. The van der Waals surface area contributed by atoms with Gasteiger partial charge in [-0.2, -0.15) is 0 Å². The zero-order valence-corrected chi connectivity index (χ0v) is 14.0. The predicted octanol–water partition coefficient (Wildman–Crippen LogP) is 1.90. The Labute approximate surface area is 141 Å². The topological polar surface area (TPSA) is 85.9 Å². The summed E-state index contributed by atoms with van der Waals surface area (Å²) in [5.41, 5.74) is 1.56. The fourth-order valence-corrected chi connectivity index (χ4v) is 2.45. The number of methoxy groups -OCH3 is 1. The number of allylic oxidation sites excluding steroid dienone is 1. The number of nitrogens with one attached hydrogen (secondary N) is 2. The first-order valence-electron chi connectivity index (χ1n) is 7.74. The second-order valence-corrected chi connectivity index (χ2v) is 5.18. The minimum absolute atomic E-state index is 0.155.